The van der Waals surface area contributed by atoms with Gasteiger partial charge < -0.3 is 34.3 Å². The van der Waals surface area contributed by atoms with Gasteiger partial charge in [0, 0.05) is 23.2 Å². The fourth-order valence-electron chi connectivity index (χ4n) is 3.80. The van der Waals surface area contributed by atoms with Crippen LogP contribution in [0.3, 0.4) is 0 Å². The maximum absolute atomic E-state index is 10.7. The van der Waals surface area contributed by atoms with Crippen LogP contribution in [0.15, 0.2) is 53.8 Å². The molecule has 0 unspecified atom stereocenters. The first-order valence-electron chi connectivity index (χ1n) is 10.8. The third kappa shape index (κ3) is 5.21. The number of nitrogens with zero attached hydrogens (tertiary/aromatic N) is 1. The Kier molecular flexibility index (Phi) is 8.05. The number of hydrogen-bond acceptors (Lipinski definition) is 9. The standard InChI is InChI=1S/C24H26ClNO7S/c1-2-3-6-32-17-10-15(25)13(9-20-26-11-19(34-20)16-5-4-7-31-16)8-14(17)24-23(30)22(29)21(28)18(12-27)33-24/h2,4-5,7-8,10-11,18,21-24,27-30H,1,3,6,9,12H2/t18-,21-,22+,23-,24+/m1/s1. The van der Waals surface area contributed by atoms with Crippen LogP contribution in [0.25, 0.3) is 10.6 Å². The fraction of sp³-hybridized carbons (Fsp3) is 0.375. The van der Waals surface area contributed by atoms with Gasteiger partial charge in [0.15, 0.2) is 0 Å². The largest absolute Gasteiger partial charge is 0.493 e. The Morgan fingerprint density at radius 1 is 1.21 bits per heavy atom. The van der Waals surface area contributed by atoms with E-state index in [4.69, 9.17) is 25.5 Å². The number of ether oxygens (including phenoxy) is 2. The van der Waals surface area contributed by atoms with Crippen LogP contribution in [-0.2, 0) is 11.2 Å². The molecule has 2 aromatic heterocycles. The number of hydrogen-bond donors (Lipinski definition) is 4. The second kappa shape index (κ2) is 11.0. The highest BCUT2D eigenvalue weighted by molar-refractivity contribution is 7.15. The molecule has 0 bridgehead atoms. The van der Waals surface area contributed by atoms with Crippen molar-refractivity contribution < 1.29 is 34.3 Å². The smallest absolute Gasteiger partial charge is 0.145 e. The second-order valence-electron chi connectivity index (χ2n) is 7.93. The summed E-state index contributed by atoms with van der Waals surface area (Å²) in [4.78, 5) is 5.35. The summed E-state index contributed by atoms with van der Waals surface area (Å²) >= 11 is 8.05. The second-order valence-corrected chi connectivity index (χ2v) is 9.45. The summed E-state index contributed by atoms with van der Waals surface area (Å²) in [7, 11) is 0. The first kappa shape index (κ1) is 24.9. The third-order valence-corrected chi connectivity index (χ3v) is 6.98. The van der Waals surface area contributed by atoms with Gasteiger partial charge >= 0.3 is 0 Å². The summed E-state index contributed by atoms with van der Waals surface area (Å²) in [6.07, 6.45) is -0.472. The van der Waals surface area contributed by atoms with Gasteiger partial charge in [-0.25, -0.2) is 4.98 Å². The normalized spacial score (nSPS) is 24.8. The zero-order valence-corrected chi connectivity index (χ0v) is 19.8. The molecule has 0 saturated carbocycles. The Morgan fingerprint density at radius 2 is 2.03 bits per heavy atom. The van der Waals surface area contributed by atoms with Gasteiger partial charge in [-0.05, 0) is 36.2 Å². The number of rotatable bonds is 9. The van der Waals surface area contributed by atoms with Crippen molar-refractivity contribution in [1.82, 2.24) is 4.98 Å². The first-order valence-corrected chi connectivity index (χ1v) is 12.0. The molecule has 4 rings (SSSR count). The Hall–Kier alpha value is -2.24. The topological polar surface area (TPSA) is 125 Å². The van der Waals surface area contributed by atoms with Crippen molar-refractivity contribution in [2.24, 2.45) is 0 Å². The van der Waals surface area contributed by atoms with Crippen LogP contribution >= 0.6 is 22.9 Å². The maximum Gasteiger partial charge on any atom is 0.145 e. The van der Waals surface area contributed by atoms with E-state index in [1.165, 1.54) is 11.3 Å². The molecule has 1 aliphatic heterocycles. The predicted octanol–water partition coefficient (Wildman–Crippen LogP) is 3.12. The van der Waals surface area contributed by atoms with E-state index in [0.717, 1.165) is 15.6 Å². The zero-order valence-electron chi connectivity index (χ0n) is 18.2. The summed E-state index contributed by atoms with van der Waals surface area (Å²) < 4.78 is 17.1. The van der Waals surface area contributed by atoms with E-state index < -0.39 is 37.1 Å². The lowest BCUT2D eigenvalue weighted by atomic mass is 9.90. The van der Waals surface area contributed by atoms with Gasteiger partial charge in [0.05, 0.1) is 29.4 Å². The molecule has 1 saturated heterocycles. The highest BCUT2D eigenvalue weighted by atomic mass is 35.5. The summed E-state index contributed by atoms with van der Waals surface area (Å²) in [6.45, 7) is 3.48. The summed E-state index contributed by atoms with van der Waals surface area (Å²) in [5.74, 6) is 1.10. The van der Waals surface area contributed by atoms with Crippen LogP contribution in [0, 0.1) is 0 Å². The van der Waals surface area contributed by atoms with E-state index in [0.29, 0.717) is 41.3 Å². The van der Waals surface area contributed by atoms with Gasteiger partial charge in [-0.15, -0.1) is 17.9 Å². The molecule has 8 nitrogen and oxygen atoms in total. The Morgan fingerprint density at radius 3 is 2.74 bits per heavy atom. The van der Waals surface area contributed by atoms with Gasteiger partial charge in [-0.3, -0.25) is 0 Å². The molecule has 10 heteroatoms. The molecule has 1 aromatic carbocycles. The average Bonchev–Trinajstić information content (AvgIpc) is 3.52. The minimum atomic E-state index is -1.51. The molecule has 0 aliphatic carbocycles. The van der Waals surface area contributed by atoms with Crippen molar-refractivity contribution in [1.29, 1.82) is 0 Å². The number of furan rings is 1. The van der Waals surface area contributed by atoms with Crippen LogP contribution in [0.4, 0.5) is 0 Å². The minimum absolute atomic E-state index is 0.322. The third-order valence-electron chi connectivity index (χ3n) is 5.62. The molecule has 5 atom stereocenters. The van der Waals surface area contributed by atoms with Crippen molar-refractivity contribution in [3.8, 4) is 16.4 Å². The molecule has 0 radical (unpaired) electrons. The lowest BCUT2D eigenvalue weighted by Crippen LogP contribution is -2.55. The molecule has 182 valence electrons. The fourth-order valence-corrected chi connectivity index (χ4v) is 4.93. The lowest BCUT2D eigenvalue weighted by Gasteiger charge is -2.40. The van der Waals surface area contributed by atoms with Crippen LogP contribution in [0.2, 0.25) is 5.02 Å². The van der Waals surface area contributed by atoms with Crippen LogP contribution in [-0.4, -0.2) is 63.0 Å². The van der Waals surface area contributed by atoms with Crippen LogP contribution in [0.1, 0.15) is 28.7 Å². The SMILES string of the molecule is C=CCCOc1cc(Cl)c(Cc2ncc(-c3ccco3)s2)cc1[C@@H]1O[C@H](CO)[C@@H](O)[C@H](O)[C@H]1O. The number of halogens is 1. The van der Waals surface area contributed by atoms with E-state index in [1.54, 1.807) is 30.7 Å². The van der Waals surface area contributed by atoms with Crippen molar-refractivity contribution in [2.45, 2.75) is 43.4 Å². The minimum Gasteiger partial charge on any atom is -0.493 e. The molecular formula is C24H26ClNO7S. The van der Waals surface area contributed by atoms with Crippen LogP contribution < -0.4 is 4.74 Å². The molecule has 4 N–H and O–H groups in total. The number of aromatic nitrogens is 1. The summed E-state index contributed by atoms with van der Waals surface area (Å²) in [5, 5.41) is 42.0. The Balaban J connectivity index is 1.67. The quantitative estimate of drug-likeness (QED) is 0.257. The van der Waals surface area contributed by atoms with Gasteiger partial charge in [-0.2, -0.15) is 0 Å². The van der Waals surface area contributed by atoms with Crippen molar-refractivity contribution in [2.75, 3.05) is 13.2 Å². The molecule has 0 spiro atoms. The van der Waals surface area contributed by atoms with E-state index in [9.17, 15) is 20.4 Å². The molecule has 3 aromatic rings. The van der Waals surface area contributed by atoms with E-state index in [2.05, 4.69) is 11.6 Å². The highest BCUT2D eigenvalue weighted by Crippen LogP contribution is 2.40. The molecular weight excluding hydrogens is 482 g/mol. The molecule has 34 heavy (non-hydrogen) atoms. The maximum atomic E-state index is 10.7. The van der Waals surface area contributed by atoms with Gasteiger partial charge in [-0.1, -0.05) is 17.7 Å². The number of benzene rings is 1. The van der Waals surface area contributed by atoms with Crippen molar-refractivity contribution in [3.63, 3.8) is 0 Å². The van der Waals surface area contributed by atoms with Gasteiger partial charge in [0.1, 0.15) is 42.0 Å². The van der Waals surface area contributed by atoms with Crippen molar-refractivity contribution >= 4 is 22.9 Å². The van der Waals surface area contributed by atoms with Gasteiger partial charge in [0.2, 0.25) is 0 Å². The predicted molar refractivity (Wildman–Crippen MR) is 127 cm³/mol. The number of thiazole rings is 1. The lowest BCUT2D eigenvalue weighted by molar-refractivity contribution is -0.232. The van der Waals surface area contributed by atoms with E-state index >= 15 is 0 Å². The monoisotopic (exact) mass is 507 g/mol. The first-order chi connectivity index (χ1) is 16.4. The highest BCUT2D eigenvalue weighted by Gasteiger charge is 2.45. The summed E-state index contributed by atoms with van der Waals surface area (Å²) in [6, 6.07) is 7.05. The van der Waals surface area contributed by atoms with E-state index in [1.807, 2.05) is 12.1 Å². The summed E-state index contributed by atoms with van der Waals surface area (Å²) in [5.41, 5.74) is 1.16. The van der Waals surface area contributed by atoms with E-state index in [-0.39, 0.29) is 0 Å². The molecule has 1 fully saturated rings. The molecule has 0 amide bonds. The molecule has 1 aliphatic rings. The number of aliphatic hydroxyl groups excluding tert-OH is 4. The van der Waals surface area contributed by atoms with Gasteiger partial charge in [0.25, 0.3) is 0 Å². The Labute approximate surface area is 205 Å². The van der Waals surface area contributed by atoms with Crippen molar-refractivity contribution in [3.05, 3.63) is 70.5 Å². The molecule has 3 heterocycles. The number of aliphatic hydroxyl groups is 4. The zero-order chi connectivity index (χ0) is 24.2. The Bertz CT molecular complexity index is 1100. The van der Waals surface area contributed by atoms with Crippen LogP contribution in [0.5, 0.6) is 5.75 Å². The average molecular weight is 508 g/mol.